The van der Waals surface area contributed by atoms with Crippen LogP contribution >= 0.6 is 23.2 Å². The second-order valence-corrected chi connectivity index (χ2v) is 5.58. The summed E-state index contributed by atoms with van der Waals surface area (Å²) < 4.78 is 1.27. The van der Waals surface area contributed by atoms with E-state index in [1.807, 2.05) is 6.92 Å². The number of H-pyrrole nitrogens is 1. The van der Waals surface area contributed by atoms with Gasteiger partial charge in [-0.15, -0.1) is 0 Å². The molecule has 0 saturated carbocycles. The summed E-state index contributed by atoms with van der Waals surface area (Å²) in [6.45, 7) is 3.59. The minimum Gasteiger partial charge on any atom is -0.273 e. The molecule has 0 aliphatic rings. The molecule has 3 heterocycles. The minimum absolute atomic E-state index is 0.0930. The van der Waals surface area contributed by atoms with Crippen LogP contribution in [0.25, 0.3) is 16.7 Å². The summed E-state index contributed by atoms with van der Waals surface area (Å²) >= 11 is 12.0. The summed E-state index contributed by atoms with van der Waals surface area (Å²) in [6.07, 6.45) is 1.64. The molecule has 1 N–H and O–H groups in total. The van der Waals surface area contributed by atoms with E-state index in [0.717, 1.165) is 5.56 Å². The van der Waals surface area contributed by atoms with Crippen molar-refractivity contribution >= 4 is 34.2 Å². The van der Waals surface area contributed by atoms with Gasteiger partial charge in [0.1, 0.15) is 10.5 Å². The maximum absolute atomic E-state index is 12.3. The Bertz CT molecular complexity index is 1000. The van der Waals surface area contributed by atoms with Gasteiger partial charge in [-0.1, -0.05) is 23.2 Å². The number of hydrogen-bond acceptors (Lipinski definition) is 4. The van der Waals surface area contributed by atoms with Crippen LogP contribution in [0.5, 0.6) is 0 Å². The van der Waals surface area contributed by atoms with Gasteiger partial charge in [-0.3, -0.25) is 14.8 Å². The molecule has 0 aliphatic carbocycles. The number of pyridine rings is 2. The predicted octanol–water partition coefficient (Wildman–Crippen LogP) is 2.39. The Hall–Kier alpha value is -2.18. The molecule has 0 atom stereocenters. The lowest BCUT2D eigenvalue weighted by atomic mass is 10.2. The Morgan fingerprint density at radius 3 is 2.64 bits per heavy atom. The SMILES string of the molecule is Cc1ccnc(C)c1-n1c(=O)[nH]c(=O)c2c(Cl)cc(Cl)nc21. The van der Waals surface area contributed by atoms with Gasteiger partial charge in [0.25, 0.3) is 5.56 Å². The van der Waals surface area contributed by atoms with Crippen LogP contribution in [-0.2, 0) is 0 Å². The topological polar surface area (TPSA) is 80.6 Å². The van der Waals surface area contributed by atoms with E-state index in [1.54, 1.807) is 19.2 Å². The van der Waals surface area contributed by atoms with Gasteiger partial charge in [-0.25, -0.2) is 14.3 Å². The van der Waals surface area contributed by atoms with Crippen molar-refractivity contribution in [2.45, 2.75) is 13.8 Å². The highest BCUT2D eigenvalue weighted by Crippen LogP contribution is 2.24. The predicted molar refractivity (Wildman–Crippen MR) is 85.2 cm³/mol. The van der Waals surface area contributed by atoms with Gasteiger partial charge >= 0.3 is 5.69 Å². The van der Waals surface area contributed by atoms with Crippen molar-refractivity contribution in [2.24, 2.45) is 0 Å². The molecule has 0 saturated heterocycles. The molecule has 0 amide bonds. The highest BCUT2D eigenvalue weighted by Gasteiger charge is 2.17. The lowest BCUT2D eigenvalue weighted by Gasteiger charge is -2.13. The second kappa shape index (κ2) is 5.23. The fourth-order valence-electron chi connectivity index (χ4n) is 2.39. The largest absolute Gasteiger partial charge is 0.334 e. The summed E-state index contributed by atoms with van der Waals surface area (Å²) in [5.74, 6) is 0. The van der Waals surface area contributed by atoms with Crippen LogP contribution in [0.3, 0.4) is 0 Å². The summed E-state index contributed by atoms with van der Waals surface area (Å²) in [7, 11) is 0. The molecule has 3 aromatic heterocycles. The molecule has 0 fully saturated rings. The average Bonchev–Trinajstić information content (AvgIpc) is 2.40. The van der Waals surface area contributed by atoms with E-state index in [-0.39, 0.29) is 21.2 Å². The molecule has 0 aromatic carbocycles. The molecule has 6 nitrogen and oxygen atoms in total. The summed E-state index contributed by atoms with van der Waals surface area (Å²) in [4.78, 5) is 34.9. The van der Waals surface area contributed by atoms with Crippen molar-refractivity contribution in [1.29, 1.82) is 0 Å². The fourth-order valence-corrected chi connectivity index (χ4v) is 2.91. The molecule has 0 spiro atoms. The van der Waals surface area contributed by atoms with Crippen LogP contribution in [0, 0.1) is 13.8 Å². The van der Waals surface area contributed by atoms with Gasteiger partial charge < -0.3 is 0 Å². The summed E-state index contributed by atoms with van der Waals surface area (Å²) in [5.41, 5.74) is 0.839. The highest BCUT2D eigenvalue weighted by molar-refractivity contribution is 6.37. The maximum Gasteiger partial charge on any atom is 0.334 e. The third-order valence-corrected chi connectivity index (χ3v) is 3.81. The van der Waals surface area contributed by atoms with E-state index in [2.05, 4.69) is 15.0 Å². The first kappa shape index (κ1) is 14.7. The van der Waals surface area contributed by atoms with Crippen molar-refractivity contribution in [2.75, 3.05) is 0 Å². The Morgan fingerprint density at radius 2 is 1.95 bits per heavy atom. The van der Waals surface area contributed by atoms with E-state index >= 15 is 0 Å². The zero-order chi connectivity index (χ0) is 16.0. The number of aromatic nitrogens is 4. The van der Waals surface area contributed by atoms with E-state index < -0.39 is 11.2 Å². The quantitative estimate of drug-likeness (QED) is 0.692. The number of aromatic amines is 1. The van der Waals surface area contributed by atoms with Crippen LogP contribution in [0.4, 0.5) is 0 Å². The van der Waals surface area contributed by atoms with Gasteiger partial charge in [0.05, 0.1) is 16.4 Å². The highest BCUT2D eigenvalue weighted by atomic mass is 35.5. The number of nitrogens with one attached hydrogen (secondary N) is 1. The number of hydrogen-bond donors (Lipinski definition) is 1. The van der Waals surface area contributed by atoms with Crippen molar-refractivity contribution < 1.29 is 0 Å². The van der Waals surface area contributed by atoms with E-state index in [4.69, 9.17) is 23.2 Å². The van der Waals surface area contributed by atoms with Gasteiger partial charge in [0.2, 0.25) is 0 Å². The third kappa shape index (κ3) is 2.20. The van der Waals surface area contributed by atoms with Crippen LogP contribution in [0.1, 0.15) is 11.3 Å². The molecule has 8 heteroatoms. The minimum atomic E-state index is -0.623. The number of aryl methyl sites for hydroxylation is 2. The lowest BCUT2D eigenvalue weighted by Crippen LogP contribution is -2.31. The number of rotatable bonds is 1. The van der Waals surface area contributed by atoms with Crippen molar-refractivity contribution in [1.82, 2.24) is 19.5 Å². The Labute approximate surface area is 134 Å². The standard InChI is InChI=1S/C14H10Cl2N4O2/c1-6-3-4-17-7(2)11(6)20-12-10(13(21)19-14(20)22)8(15)5-9(16)18-12/h3-5H,1-2H3,(H,19,21,22). The van der Waals surface area contributed by atoms with Crippen molar-refractivity contribution in [3.63, 3.8) is 0 Å². The molecule has 0 radical (unpaired) electrons. The first-order valence-corrected chi connectivity index (χ1v) is 7.09. The smallest absolute Gasteiger partial charge is 0.273 e. The second-order valence-electron chi connectivity index (χ2n) is 4.78. The number of nitrogens with zero attached hydrogens (tertiary/aromatic N) is 3. The first-order valence-electron chi connectivity index (χ1n) is 6.34. The molecule has 0 unspecified atom stereocenters. The maximum atomic E-state index is 12.3. The van der Waals surface area contributed by atoms with Crippen LogP contribution in [0.2, 0.25) is 10.2 Å². The number of fused-ring (bicyclic) bond motifs is 1. The molecular formula is C14H10Cl2N4O2. The van der Waals surface area contributed by atoms with Gasteiger partial charge in [-0.2, -0.15) is 0 Å². The van der Waals surface area contributed by atoms with Crippen LogP contribution in [0.15, 0.2) is 27.9 Å². The van der Waals surface area contributed by atoms with E-state index in [1.165, 1.54) is 10.6 Å². The molecule has 0 bridgehead atoms. The van der Waals surface area contributed by atoms with E-state index in [9.17, 15) is 9.59 Å². The molecule has 3 rings (SSSR count). The van der Waals surface area contributed by atoms with Crippen molar-refractivity contribution in [3.8, 4) is 5.69 Å². The molecule has 22 heavy (non-hydrogen) atoms. The normalized spacial score (nSPS) is 11.1. The first-order chi connectivity index (χ1) is 10.4. The Morgan fingerprint density at radius 1 is 1.23 bits per heavy atom. The summed E-state index contributed by atoms with van der Waals surface area (Å²) in [6, 6.07) is 3.12. The molecule has 112 valence electrons. The fraction of sp³-hybridized carbons (Fsp3) is 0.143. The third-order valence-electron chi connectivity index (χ3n) is 3.32. The molecule has 3 aromatic rings. The number of halogens is 2. The van der Waals surface area contributed by atoms with E-state index in [0.29, 0.717) is 11.4 Å². The van der Waals surface area contributed by atoms with Gasteiger partial charge in [-0.05, 0) is 31.5 Å². The van der Waals surface area contributed by atoms with Gasteiger partial charge in [0.15, 0.2) is 5.65 Å². The zero-order valence-corrected chi connectivity index (χ0v) is 13.2. The molecular weight excluding hydrogens is 327 g/mol. The average molecular weight is 337 g/mol. The summed E-state index contributed by atoms with van der Waals surface area (Å²) in [5, 5.41) is 0.327. The van der Waals surface area contributed by atoms with Crippen LogP contribution in [-0.4, -0.2) is 19.5 Å². The molecule has 0 aliphatic heterocycles. The monoisotopic (exact) mass is 336 g/mol. The zero-order valence-electron chi connectivity index (χ0n) is 11.6. The Kier molecular flexibility index (Phi) is 3.50. The lowest BCUT2D eigenvalue weighted by molar-refractivity contribution is 0.898. The van der Waals surface area contributed by atoms with Crippen molar-refractivity contribution in [3.05, 3.63) is 60.6 Å². The van der Waals surface area contributed by atoms with Crippen LogP contribution < -0.4 is 11.2 Å². The van der Waals surface area contributed by atoms with Gasteiger partial charge in [0, 0.05) is 6.20 Å². The Balaban J connectivity index is 2.61.